The molecule has 0 aromatic rings. The maximum absolute atomic E-state index is 10.9. The summed E-state index contributed by atoms with van der Waals surface area (Å²) in [6.45, 7) is 9.27. The topological polar surface area (TPSA) is 41.6 Å². The molecule has 0 atom stereocenters. The third-order valence-electron chi connectivity index (χ3n) is 3.89. The first-order valence-electron chi connectivity index (χ1n) is 6.16. The van der Waals surface area contributed by atoms with E-state index in [2.05, 4.69) is 10.2 Å². The fourth-order valence-corrected chi connectivity index (χ4v) is 2.70. The van der Waals surface area contributed by atoms with Crippen LogP contribution in [0.25, 0.3) is 0 Å². The van der Waals surface area contributed by atoms with Crippen LogP contribution in [0.4, 0.5) is 4.79 Å². The Hall–Kier alpha value is -0.810. The largest absolute Gasteiger partial charge is 0.449 e. The van der Waals surface area contributed by atoms with E-state index >= 15 is 0 Å². The number of hydrogen-bond donors (Lipinski definition) is 1. The van der Waals surface area contributed by atoms with E-state index in [1.54, 1.807) is 7.05 Å². The van der Waals surface area contributed by atoms with Gasteiger partial charge >= 0.3 is 6.09 Å². The molecular formula is C11H22N3O2+. The summed E-state index contributed by atoms with van der Waals surface area (Å²) in [4.78, 5) is 13.4. The zero-order chi connectivity index (χ0) is 11.4. The van der Waals surface area contributed by atoms with Crippen molar-refractivity contribution in [3.63, 3.8) is 0 Å². The van der Waals surface area contributed by atoms with Crippen LogP contribution < -0.4 is 5.32 Å². The zero-order valence-corrected chi connectivity index (χ0v) is 10.1. The standard InChI is InChI=1S/C11H21N3O2/c1-12-11(15)16-10-2-6-14-7-3-13(4-8-14)5-9-14/h2-10H2,1H3/p+1. The van der Waals surface area contributed by atoms with Crippen molar-refractivity contribution >= 4 is 6.09 Å². The van der Waals surface area contributed by atoms with Crippen LogP contribution in [0.1, 0.15) is 6.42 Å². The van der Waals surface area contributed by atoms with Crippen LogP contribution in [0.15, 0.2) is 0 Å². The number of quaternary nitrogens is 1. The second kappa shape index (κ2) is 5.01. The van der Waals surface area contributed by atoms with Gasteiger partial charge in [-0.1, -0.05) is 0 Å². The van der Waals surface area contributed by atoms with Gasteiger partial charge in [-0.2, -0.15) is 0 Å². The van der Waals surface area contributed by atoms with Crippen molar-refractivity contribution in [1.82, 2.24) is 10.2 Å². The molecule has 0 radical (unpaired) electrons. The average Bonchev–Trinajstić information content (AvgIpc) is 2.36. The summed E-state index contributed by atoms with van der Waals surface area (Å²) >= 11 is 0. The molecule has 16 heavy (non-hydrogen) atoms. The second-order valence-corrected chi connectivity index (χ2v) is 4.82. The van der Waals surface area contributed by atoms with Gasteiger partial charge in [0.05, 0.1) is 32.8 Å². The third kappa shape index (κ3) is 2.65. The van der Waals surface area contributed by atoms with Crippen molar-refractivity contribution in [3.05, 3.63) is 0 Å². The summed E-state index contributed by atoms with van der Waals surface area (Å²) in [5.41, 5.74) is 0. The molecule has 3 aliphatic rings. The molecule has 0 aliphatic carbocycles. The molecule has 1 amide bonds. The van der Waals surface area contributed by atoms with E-state index in [1.807, 2.05) is 0 Å². The van der Waals surface area contributed by atoms with Crippen LogP contribution >= 0.6 is 0 Å². The predicted octanol–water partition coefficient (Wildman–Crippen LogP) is -0.121. The fraction of sp³-hybridized carbons (Fsp3) is 0.909. The minimum Gasteiger partial charge on any atom is -0.449 e. The molecule has 0 aromatic carbocycles. The van der Waals surface area contributed by atoms with Gasteiger partial charge in [-0.05, 0) is 0 Å². The molecule has 1 N–H and O–H groups in total. The van der Waals surface area contributed by atoms with Gasteiger partial charge < -0.3 is 14.5 Å². The summed E-state index contributed by atoms with van der Waals surface area (Å²) in [5, 5.41) is 2.46. The Kier molecular flexibility index (Phi) is 3.66. The Morgan fingerprint density at radius 1 is 1.31 bits per heavy atom. The molecular weight excluding hydrogens is 206 g/mol. The lowest BCUT2D eigenvalue weighted by atomic mass is 10.1. The summed E-state index contributed by atoms with van der Waals surface area (Å²) in [6, 6.07) is 0. The van der Waals surface area contributed by atoms with E-state index in [-0.39, 0.29) is 6.09 Å². The van der Waals surface area contributed by atoms with Crippen LogP contribution in [0.5, 0.6) is 0 Å². The monoisotopic (exact) mass is 228 g/mol. The summed E-state index contributed by atoms with van der Waals surface area (Å²) in [5.74, 6) is 0. The van der Waals surface area contributed by atoms with E-state index in [0.717, 1.165) is 13.0 Å². The van der Waals surface area contributed by atoms with Crippen LogP contribution in [-0.2, 0) is 4.74 Å². The molecule has 5 heteroatoms. The van der Waals surface area contributed by atoms with Gasteiger partial charge in [-0.15, -0.1) is 0 Å². The number of amides is 1. The lowest BCUT2D eigenvalue weighted by molar-refractivity contribution is -0.941. The molecule has 5 nitrogen and oxygen atoms in total. The number of piperazine rings is 3. The Morgan fingerprint density at radius 2 is 1.94 bits per heavy atom. The Bertz CT molecular complexity index is 236. The molecule has 3 saturated heterocycles. The lowest BCUT2D eigenvalue weighted by Crippen LogP contribution is -2.67. The van der Waals surface area contributed by atoms with Crippen LogP contribution in [0.3, 0.4) is 0 Å². The Labute approximate surface area is 96.9 Å². The Morgan fingerprint density at radius 3 is 2.50 bits per heavy atom. The number of carbonyl (C=O) groups excluding carboxylic acids is 1. The van der Waals surface area contributed by atoms with Gasteiger partial charge in [0, 0.05) is 33.1 Å². The highest BCUT2D eigenvalue weighted by Gasteiger charge is 2.37. The summed E-state index contributed by atoms with van der Waals surface area (Å²) in [7, 11) is 1.59. The molecule has 0 saturated carbocycles. The molecule has 0 aromatic heterocycles. The quantitative estimate of drug-likeness (QED) is 0.539. The molecule has 3 rings (SSSR count). The van der Waals surface area contributed by atoms with E-state index in [4.69, 9.17) is 4.74 Å². The normalized spacial score (nSPS) is 32.4. The van der Waals surface area contributed by atoms with Crippen LogP contribution in [0.2, 0.25) is 0 Å². The summed E-state index contributed by atoms with van der Waals surface area (Å²) in [6.07, 6.45) is 0.663. The minimum absolute atomic E-state index is 0.316. The average molecular weight is 228 g/mol. The van der Waals surface area contributed by atoms with Gasteiger partial charge in [0.2, 0.25) is 0 Å². The fourth-order valence-electron chi connectivity index (χ4n) is 2.70. The smallest absolute Gasteiger partial charge is 0.406 e. The van der Waals surface area contributed by atoms with Gasteiger partial charge in [-0.3, -0.25) is 4.90 Å². The number of nitrogens with zero attached hydrogens (tertiary/aromatic N) is 2. The van der Waals surface area contributed by atoms with E-state index in [9.17, 15) is 4.79 Å². The molecule has 0 spiro atoms. The first kappa shape index (κ1) is 11.7. The number of fused-ring (bicyclic) bond motifs is 3. The van der Waals surface area contributed by atoms with Gasteiger partial charge in [0.15, 0.2) is 0 Å². The van der Waals surface area contributed by atoms with E-state index in [0.29, 0.717) is 6.61 Å². The zero-order valence-electron chi connectivity index (χ0n) is 10.1. The maximum atomic E-state index is 10.9. The Balaban J connectivity index is 1.67. The van der Waals surface area contributed by atoms with Crippen molar-refractivity contribution in [2.24, 2.45) is 0 Å². The van der Waals surface area contributed by atoms with Crippen molar-refractivity contribution < 1.29 is 14.0 Å². The van der Waals surface area contributed by atoms with Crippen molar-refractivity contribution in [1.29, 1.82) is 0 Å². The van der Waals surface area contributed by atoms with Crippen molar-refractivity contribution in [2.45, 2.75) is 6.42 Å². The number of alkyl carbamates (subject to hydrolysis) is 1. The number of nitrogens with one attached hydrogen (secondary N) is 1. The third-order valence-corrected chi connectivity index (χ3v) is 3.89. The van der Waals surface area contributed by atoms with Gasteiger partial charge in [0.1, 0.15) is 0 Å². The van der Waals surface area contributed by atoms with Crippen molar-refractivity contribution in [3.8, 4) is 0 Å². The number of ether oxygens (including phenoxy) is 1. The molecule has 3 aliphatic heterocycles. The molecule has 3 fully saturated rings. The number of hydrogen-bond acceptors (Lipinski definition) is 3. The first-order valence-corrected chi connectivity index (χ1v) is 6.16. The molecule has 2 bridgehead atoms. The highest BCUT2D eigenvalue weighted by molar-refractivity contribution is 5.66. The molecule has 0 unspecified atom stereocenters. The highest BCUT2D eigenvalue weighted by Crippen LogP contribution is 2.19. The SMILES string of the molecule is CNC(=O)OCCC[N+]12CCN(CC1)CC2. The van der Waals surface area contributed by atoms with Gasteiger partial charge in [0.25, 0.3) is 0 Å². The van der Waals surface area contributed by atoms with Crippen LogP contribution in [-0.4, -0.2) is 74.9 Å². The maximum Gasteiger partial charge on any atom is 0.406 e. The second-order valence-electron chi connectivity index (χ2n) is 4.82. The minimum atomic E-state index is -0.316. The lowest BCUT2D eigenvalue weighted by Gasteiger charge is -2.50. The van der Waals surface area contributed by atoms with E-state index in [1.165, 1.54) is 43.8 Å². The predicted molar refractivity (Wildman–Crippen MR) is 61.2 cm³/mol. The summed E-state index contributed by atoms with van der Waals surface area (Å²) < 4.78 is 6.26. The number of carbonyl (C=O) groups is 1. The van der Waals surface area contributed by atoms with E-state index < -0.39 is 0 Å². The van der Waals surface area contributed by atoms with Crippen molar-refractivity contribution in [2.75, 3.05) is 59.5 Å². The first-order chi connectivity index (χ1) is 7.74. The number of rotatable bonds is 4. The van der Waals surface area contributed by atoms with Gasteiger partial charge in [-0.25, -0.2) is 4.79 Å². The molecule has 3 heterocycles. The highest BCUT2D eigenvalue weighted by atomic mass is 16.5. The molecule has 92 valence electrons. The van der Waals surface area contributed by atoms with Crippen LogP contribution in [0, 0.1) is 0 Å².